The van der Waals surface area contributed by atoms with Crippen LogP contribution in [0.1, 0.15) is 20.7 Å². The van der Waals surface area contributed by atoms with Crippen molar-refractivity contribution in [2.45, 2.75) is 19.6 Å². The molecule has 6 aromatic carbocycles. The summed E-state index contributed by atoms with van der Waals surface area (Å²) in [6.45, 7) is 0. The minimum absolute atomic E-state index is 0. The number of rotatable bonds is 10. The number of carbonyl (C=O) groups excluding carboxylic acids is 3. The largest absolute Gasteiger partial charge is 1.00 e. The molecule has 0 heterocycles. The Hall–Kier alpha value is -2.71. The topological polar surface area (TPSA) is 369 Å². The second kappa shape index (κ2) is 21.9. The fourth-order valence-corrected chi connectivity index (χ4v) is 7.90. The Morgan fingerprint density at radius 2 is 0.781 bits per heavy atom. The van der Waals surface area contributed by atoms with Crippen LogP contribution in [0.25, 0.3) is 21.5 Å². The summed E-state index contributed by atoms with van der Waals surface area (Å²) in [6, 6.07) is 14.7. The average molecular weight is 991 g/mol. The van der Waals surface area contributed by atoms with Gasteiger partial charge in [0, 0.05) is 33.3 Å². The van der Waals surface area contributed by atoms with Crippen molar-refractivity contribution < 1.29 is 195 Å². The third-order valence-corrected chi connectivity index (χ3v) is 11.6. The van der Waals surface area contributed by atoms with E-state index in [1.165, 1.54) is 48.5 Å². The van der Waals surface area contributed by atoms with Gasteiger partial charge in [-0.05, 0) is 102 Å². The third kappa shape index (κ3) is 13.7. The quantitative estimate of drug-likeness (QED) is 0.0548. The average Bonchev–Trinajstić information content (AvgIpc) is 3.13. The molecule has 6 aromatic rings. The Balaban J connectivity index is 0.00000352. The summed E-state index contributed by atoms with van der Waals surface area (Å²) in [5, 5.41) is 29.2. The molecule has 0 aromatic heterocycles. The summed E-state index contributed by atoms with van der Waals surface area (Å²) < 4.78 is 140. The van der Waals surface area contributed by atoms with Crippen LogP contribution in [0.5, 0.6) is 11.5 Å². The fraction of sp³-hybridized carbons (Fsp3) is 0. The zero-order valence-corrected chi connectivity index (χ0v) is 44.7. The fourth-order valence-electron chi connectivity index (χ4n) is 5.78. The molecule has 0 aliphatic heterocycles. The summed E-state index contributed by atoms with van der Waals surface area (Å²) in [5.74, 6) is -3.56. The molecule has 21 nitrogen and oxygen atoms in total. The van der Waals surface area contributed by atoms with Gasteiger partial charge in [0.15, 0.2) is 0 Å². The van der Waals surface area contributed by atoms with Crippen LogP contribution in [0.4, 0.5) is 27.5 Å². The van der Waals surface area contributed by atoms with E-state index in [9.17, 15) is 76.5 Å². The monoisotopic (exact) mass is 990 g/mol. The SMILES string of the molecule is O=C(Nc1ccc(C(=O)Nc2cc(S(=O)(=O)[O-])cc3cc(S(=O)(=O)[O-])cc(O)c23)cc1)Nc1cccc(C(=O)Nc2cc(S(=O)(=O)[O-])cc3cc(S(=O)(=O)[O-])cc(O)c23)c1.[Na+].[Na+].[Na+].[Na+]. The Morgan fingerprint density at radius 1 is 0.422 bits per heavy atom. The molecular formula is C35H22N4Na4O17S4. The molecule has 0 spiro atoms. The first kappa shape index (κ1) is 57.4. The first-order valence-electron chi connectivity index (χ1n) is 16.1. The van der Waals surface area contributed by atoms with E-state index in [0.29, 0.717) is 42.5 Å². The van der Waals surface area contributed by atoms with Gasteiger partial charge in [-0.25, -0.2) is 38.5 Å². The van der Waals surface area contributed by atoms with Crippen LogP contribution in [-0.4, -0.2) is 79.9 Å². The van der Waals surface area contributed by atoms with E-state index in [4.69, 9.17) is 0 Å². The minimum atomic E-state index is -5.21. The van der Waals surface area contributed by atoms with E-state index in [1.54, 1.807) is 0 Å². The van der Waals surface area contributed by atoms with E-state index in [2.05, 4.69) is 21.3 Å². The number of nitrogens with one attached hydrogen (secondary N) is 4. The first-order valence-corrected chi connectivity index (χ1v) is 21.8. The van der Waals surface area contributed by atoms with Gasteiger partial charge in [0.1, 0.15) is 52.0 Å². The number of benzene rings is 6. The Morgan fingerprint density at radius 3 is 1.17 bits per heavy atom. The predicted octanol–water partition coefficient (Wildman–Crippen LogP) is -8.81. The number of anilines is 4. The van der Waals surface area contributed by atoms with Gasteiger partial charge >= 0.3 is 124 Å². The third-order valence-electron chi connectivity index (χ3n) is 8.39. The molecule has 0 fully saturated rings. The smallest absolute Gasteiger partial charge is 0.744 e. The number of aromatic hydroxyl groups is 2. The summed E-state index contributed by atoms with van der Waals surface area (Å²) in [4.78, 5) is 35.5. The van der Waals surface area contributed by atoms with Crippen LogP contribution >= 0.6 is 0 Å². The maximum atomic E-state index is 13.3. The van der Waals surface area contributed by atoms with Crippen LogP contribution in [0.3, 0.4) is 0 Å². The molecule has 29 heteroatoms. The summed E-state index contributed by atoms with van der Waals surface area (Å²) in [7, 11) is -20.7. The number of hydrogen-bond donors (Lipinski definition) is 6. The van der Waals surface area contributed by atoms with Crippen LogP contribution in [0.15, 0.2) is 117 Å². The van der Waals surface area contributed by atoms with E-state index in [0.717, 1.165) is 6.07 Å². The zero-order chi connectivity index (χ0) is 44.1. The molecule has 4 amide bonds. The van der Waals surface area contributed by atoms with Crippen molar-refractivity contribution in [1.29, 1.82) is 0 Å². The van der Waals surface area contributed by atoms with Gasteiger partial charge in [-0.2, -0.15) is 0 Å². The molecular weight excluding hydrogens is 969 g/mol. The number of fused-ring (bicyclic) bond motifs is 2. The Labute approximate surface area is 452 Å². The predicted molar refractivity (Wildman–Crippen MR) is 205 cm³/mol. The molecule has 0 saturated carbocycles. The summed E-state index contributed by atoms with van der Waals surface area (Å²) >= 11 is 0. The first-order chi connectivity index (χ1) is 27.8. The number of phenolic OH excluding ortho intramolecular Hbond substituents is 2. The van der Waals surface area contributed by atoms with E-state index in [-0.39, 0.29) is 162 Å². The number of phenols is 2. The van der Waals surface area contributed by atoms with Crippen molar-refractivity contribution in [2.75, 3.05) is 21.3 Å². The van der Waals surface area contributed by atoms with Gasteiger partial charge in [-0.1, -0.05) is 6.07 Å². The van der Waals surface area contributed by atoms with Crippen molar-refractivity contribution >= 4 is 103 Å². The second-order valence-corrected chi connectivity index (χ2v) is 18.0. The molecule has 0 aliphatic rings. The number of amides is 4. The maximum absolute atomic E-state index is 13.3. The van der Waals surface area contributed by atoms with Gasteiger partial charge in [0.25, 0.3) is 11.8 Å². The number of hydrogen-bond acceptors (Lipinski definition) is 17. The normalized spacial score (nSPS) is 11.4. The molecule has 0 atom stereocenters. The molecule has 0 radical (unpaired) electrons. The van der Waals surface area contributed by atoms with Gasteiger partial charge in [0.2, 0.25) is 0 Å². The van der Waals surface area contributed by atoms with Crippen molar-refractivity contribution in [3.8, 4) is 11.5 Å². The van der Waals surface area contributed by atoms with E-state index < -0.39 is 101 Å². The van der Waals surface area contributed by atoms with Crippen LogP contribution in [-0.2, 0) is 40.5 Å². The van der Waals surface area contributed by atoms with Crippen molar-refractivity contribution in [1.82, 2.24) is 0 Å². The molecule has 64 heavy (non-hydrogen) atoms. The molecule has 6 rings (SSSR count). The van der Waals surface area contributed by atoms with E-state index in [1.807, 2.05) is 0 Å². The van der Waals surface area contributed by atoms with Crippen LogP contribution in [0, 0.1) is 0 Å². The minimum Gasteiger partial charge on any atom is -0.744 e. The summed E-state index contributed by atoms with van der Waals surface area (Å²) in [5.41, 5.74) is -0.992. The number of carbonyl (C=O) groups is 3. The second-order valence-electron chi connectivity index (χ2n) is 12.5. The van der Waals surface area contributed by atoms with Crippen molar-refractivity contribution in [3.05, 3.63) is 108 Å². The summed E-state index contributed by atoms with van der Waals surface area (Å²) in [6.07, 6.45) is 0. The zero-order valence-electron chi connectivity index (χ0n) is 33.4. The van der Waals surface area contributed by atoms with Crippen molar-refractivity contribution in [2.24, 2.45) is 0 Å². The standard InChI is InChI=1S/C35H26N4O17S4.4Na/c40-29-15-25(59(51,52)53)11-19-9-23(57(45,46)47)13-27(31(19)29)38-33(42)17-4-6-21(7-5-17)36-35(44)37-22-3-1-2-18(8-22)34(43)39-28-14-24(58(48,49)50)10-20-12-26(60(54,55)56)16-30(41)32(20)28;;;;/h1-16,40-41H,(H,38,42)(H,39,43)(H2,36,37,44)(H,45,46,47)(H,48,49,50)(H,51,52,53)(H,54,55,56);;;;/q;4*+1/p-4. The van der Waals surface area contributed by atoms with E-state index >= 15 is 0 Å². The van der Waals surface area contributed by atoms with Crippen molar-refractivity contribution in [3.63, 3.8) is 0 Å². The molecule has 312 valence electrons. The van der Waals surface area contributed by atoms with Gasteiger partial charge in [-0.3, -0.25) is 9.59 Å². The Kier molecular flexibility index (Phi) is 19.7. The maximum Gasteiger partial charge on any atom is 1.00 e. The molecule has 6 N–H and O–H groups in total. The molecule has 0 unspecified atom stereocenters. The molecule has 0 saturated heterocycles. The van der Waals surface area contributed by atoms with Crippen LogP contribution < -0.4 is 139 Å². The number of urea groups is 1. The molecule has 0 bridgehead atoms. The van der Waals surface area contributed by atoms with Crippen LogP contribution in [0.2, 0.25) is 0 Å². The van der Waals surface area contributed by atoms with Gasteiger partial charge in [-0.15, -0.1) is 0 Å². The molecule has 0 aliphatic carbocycles. The van der Waals surface area contributed by atoms with Gasteiger partial charge in [0.05, 0.1) is 31.0 Å². The van der Waals surface area contributed by atoms with Gasteiger partial charge < -0.3 is 49.7 Å². The Bertz CT molecular complexity index is 3300.